The van der Waals surface area contributed by atoms with E-state index in [1.807, 2.05) is 0 Å². The Balaban J connectivity index is 2.16. The molecule has 1 amide bonds. The first-order valence-corrected chi connectivity index (χ1v) is 8.33. The number of hydrogen-bond donors (Lipinski definition) is 1. The average molecular weight is 326 g/mol. The van der Waals surface area contributed by atoms with E-state index < -0.39 is 14.2 Å². The van der Waals surface area contributed by atoms with Gasteiger partial charge in [0.15, 0.2) is 5.78 Å². The minimum absolute atomic E-state index is 0.0392. The Morgan fingerprint density at radius 3 is 2.55 bits per heavy atom. The van der Waals surface area contributed by atoms with E-state index in [9.17, 15) is 14.5 Å². The summed E-state index contributed by atoms with van der Waals surface area (Å²) in [5, 5.41) is 2.63. The molecular weight excluding hydrogens is 307 g/mol. The minimum atomic E-state index is -3.44. The zero-order valence-electron chi connectivity index (χ0n) is 12.7. The van der Waals surface area contributed by atoms with Gasteiger partial charge >= 0.3 is 8.09 Å². The lowest BCUT2D eigenvalue weighted by atomic mass is 10.1. The Morgan fingerprint density at radius 2 is 2.05 bits per heavy atom. The van der Waals surface area contributed by atoms with Gasteiger partial charge in [-0.3, -0.25) is 9.59 Å². The van der Waals surface area contributed by atoms with Crippen molar-refractivity contribution in [1.29, 1.82) is 0 Å². The van der Waals surface area contributed by atoms with E-state index in [0.717, 1.165) is 0 Å². The predicted molar refractivity (Wildman–Crippen MR) is 81.3 cm³/mol. The number of benzene rings is 1. The Kier molecular flexibility index (Phi) is 5.13. The zero-order chi connectivity index (χ0) is 16.3. The topological polar surface area (TPSA) is 90.9 Å². The highest BCUT2D eigenvalue weighted by atomic mass is 31.2. The molecule has 0 aromatic heterocycles. The van der Waals surface area contributed by atoms with Crippen LogP contribution in [-0.4, -0.2) is 38.0 Å². The van der Waals surface area contributed by atoms with Crippen molar-refractivity contribution in [2.45, 2.75) is 20.0 Å². The summed E-state index contributed by atoms with van der Waals surface area (Å²) in [6.45, 7) is 3.47. The standard InChI is InChI=1S/C14H19N2O5P/c1-10(17)12-4-6-13(7-5-12)16-9-14(8-15-11(2)18)21-22(16,19)20-3/h4-7,14H,8-9H2,1-3H3,(H,15,18). The Bertz CT molecular complexity index is 565. The van der Waals surface area contributed by atoms with Crippen molar-refractivity contribution in [3.63, 3.8) is 0 Å². The fourth-order valence-electron chi connectivity index (χ4n) is 2.19. The quantitative estimate of drug-likeness (QED) is 0.639. The molecule has 2 atom stereocenters. The van der Waals surface area contributed by atoms with Gasteiger partial charge in [-0.25, -0.2) is 0 Å². The Labute approximate surface area is 129 Å². The largest absolute Gasteiger partial charge is 0.612 e. The molecule has 1 aliphatic rings. The number of anilines is 1. The predicted octanol–water partition coefficient (Wildman–Crippen LogP) is 0.915. The van der Waals surface area contributed by atoms with Crippen molar-refractivity contribution in [3.05, 3.63) is 29.8 Å². The smallest absolute Gasteiger partial charge is 0.338 e. The van der Waals surface area contributed by atoms with Gasteiger partial charge in [0.05, 0.1) is 25.9 Å². The highest BCUT2D eigenvalue weighted by Gasteiger charge is 2.49. The van der Waals surface area contributed by atoms with Crippen molar-refractivity contribution in [2.24, 2.45) is 0 Å². The van der Waals surface area contributed by atoms with Gasteiger partial charge in [-0.1, -0.05) is 0 Å². The van der Waals surface area contributed by atoms with Gasteiger partial charge in [0, 0.05) is 12.5 Å². The molecule has 7 nitrogen and oxygen atoms in total. The second kappa shape index (κ2) is 6.71. The monoisotopic (exact) mass is 326 g/mol. The van der Waals surface area contributed by atoms with Gasteiger partial charge in [-0.05, 0) is 31.2 Å². The number of hydrogen-bond acceptors (Lipinski definition) is 6. The summed E-state index contributed by atoms with van der Waals surface area (Å²) < 4.78 is 12.1. The molecule has 22 heavy (non-hydrogen) atoms. The highest BCUT2D eigenvalue weighted by molar-refractivity contribution is 7.61. The van der Waals surface area contributed by atoms with Crippen LogP contribution in [0.1, 0.15) is 24.2 Å². The minimum Gasteiger partial charge on any atom is -0.612 e. The van der Waals surface area contributed by atoms with Gasteiger partial charge in [-0.15, -0.1) is 0 Å². The summed E-state index contributed by atoms with van der Waals surface area (Å²) in [7, 11) is -2.12. The van der Waals surface area contributed by atoms with Crippen molar-refractivity contribution >= 4 is 25.5 Å². The molecule has 1 aliphatic heterocycles. The van der Waals surface area contributed by atoms with Crippen LogP contribution in [0.2, 0.25) is 0 Å². The summed E-state index contributed by atoms with van der Waals surface area (Å²) in [6.07, 6.45) is -0.429. The summed E-state index contributed by atoms with van der Waals surface area (Å²) in [5.41, 5.74) is 1.21. The number of carbonyl (C=O) groups is 2. The number of nitrogens with zero attached hydrogens (tertiary/aromatic N) is 1. The van der Waals surface area contributed by atoms with Crippen molar-refractivity contribution in [1.82, 2.24) is 5.32 Å². The lowest BCUT2D eigenvalue weighted by Gasteiger charge is -2.29. The Hall–Kier alpha value is -1.53. The maximum Gasteiger partial charge on any atom is 0.338 e. The molecule has 0 saturated carbocycles. The number of Topliss-reactive ketones (excluding diaryl/α,β-unsaturated/α-hetero) is 1. The molecule has 1 N–H and O–H groups in total. The summed E-state index contributed by atoms with van der Waals surface area (Å²) in [5.74, 6) is -0.220. The first kappa shape index (κ1) is 16.8. The average Bonchev–Trinajstić information content (AvgIpc) is 2.83. The number of nitrogens with one attached hydrogen (secondary N) is 1. The first-order chi connectivity index (χ1) is 10.4. The van der Waals surface area contributed by atoms with E-state index >= 15 is 0 Å². The van der Waals surface area contributed by atoms with Crippen LogP contribution in [0, 0.1) is 0 Å². The molecule has 0 radical (unpaired) electrons. The van der Waals surface area contributed by atoms with Crippen LogP contribution < -0.4 is 14.9 Å². The molecule has 0 spiro atoms. The van der Waals surface area contributed by atoms with Crippen LogP contribution in [0.15, 0.2) is 24.3 Å². The normalized spacial score (nSPS) is 24.4. The van der Waals surface area contributed by atoms with E-state index in [0.29, 0.717) is 17.8 Å². The second-order valence-electron chi connectivity index (χ2n) is 5.00. The van der Waals surface area contributed by atoms with Gasteiger partial charge in [-0.2, -0.15) is 13.7 Å². The van der Waals surface area contributed by atoms with Crippen LogP contribution in [0.25, 0.3) is 0 Å². The third-order valence-electron chi connectivity index (χ3n) is 3.34. The fraction of sp³-hybridized carbons (Fsp3) is 0.429. The zero-order valence-corrected chi connectivity index (χ0v) is 13.6. The van der Waals surface area contributed by atoms with Crippen LogP contribution in [0.4, 0.5) is 5.69 Å². The number of rotatable bonds is 5. The Morgan fingerprint density at radius 1 is 1.41 bits per heavy atom. The van der Waals surface area contributed by atoms with E-state index in [-0.39, 0.29) is 18.2 Å². The molecule has 2 unspecified atom stereocenters. The molecule has 1 saturated heterocycles. The molecule has 1 heterocycles. The molecule has 0 aliphatic carbocycles. The third-order valence-corrected chi connectivity index (χ3v) is 5.35. The maximum atomic E-state index is 12.7. The maximum absolute atomic E-state index is 12.7. The fourth-order valence-corrected chi connectivity index (χ4v) is 3.90. The van der Waals surface area contributed by atoms with Crippen molar-refractivity contribution in [2.75, 3.05) is 24.9 Å². The van der Waals surface area contributed by atoms with Gasteiger partial charge in [0.25, 0.3) is 0 Å². The van der Waals surface area contributed by atoms with Crippen LogP contribution in [0.5, 0.6) is 0 Å². The third kappa shape index (κ3) is 3.62. The molecule has 1 aromatic rings. The summed E-state index contributed by atoms with van der Waals surface area (Å²) in [4.78, 5) is 35.0. The molecule has 1 aromatic carbocycles. The molecule has 2 rings (SSSR count). The van der Waals surface area contributed by atoms with Crippen molar-refractivity contribution in [3.8, 4) is 0 Å². The van der Waals surface area contributed by atoms with Gasteiger partial charge < -0.3 is 10.2 Å². The SMILES string of the molecule is CO[P+]1([O-])OC(CNC(C)=O)CN1c1ccc(C(C)=O)cc1. The van der Waals surface area contributed by atoms with Crippen LogP contribution in [0.3, 0.4) is 0 Å². The van der Waals surface area contributed by atoms with E-state index in [2.05, 4.69) is 5.32 Å². The molecule has 0 bridgehead atoms. The number of carbonyl (C=O) groups excluding carboxylic acids is 2. The first-order valence-electron chi connectivity index (χ1n) is 6.83. The van der Waals surface area contributed by atoms with E-state index in [1.54, 1.807) is 24.3 Å². The molecule has 120 valence electrons. The van der Waals surface area contributed by atoms with Crippen LogP contribution >= 0.6 is 8.09 Å². The molecule has 1 fully saturated rings. The van der Waals surface area contributed by atoms with Crippen LogP contribution in [-0.2, 0) is 13.8 Å². The lowest BCUT2D eigenvalue weighted by molar-refractivity contribution is -0.215. The number of ketones is 1. The second-order valence-corrected chi connectivity index (χ2v) is 7.00. The summed E-state index contributed by atoms with van der Waals surface area (Å²) in [6, 6.07) is 6.73. The lowest BCUT2D eigenvalue weighted by Crippen LogP contribution is -2.33. The van der Waals surface area contributed by atoms with E-state index in [1.165, 1.54) is 25.6 Å². The van der Waals surface area contributed by atoms with Gasteiger partial charge in [0.1, 0.15) is 6.10 Å². The van der Waals surface area contributed by atoms with Crippen molar-refractivity contribution < 1.29 is 23.5 Å². The van der Waals surface area contributed by atoms with Gasteiger partial charge in [0.2, 0.25) is 5.91 Å². The highest BCUT2D eigenvalue weighted by Crippen LogP contribution is 2.61. The number of amides is 1. The molecular formula is C14H19N2O5P. The summed E-state index contributed by atoms with van der Waals surface area (Å²) >= 11 is 0. The molecule has 8 heteroatoms. The van der Waals surface area contributed by atoms with E-state index in [4.69, 9.17) is 9.05 Å².